The molecular weight excluding hydrogens is 1820 g/mol. The van der Waals surface area contributed by atoms with Crippen molar-refractivity contribution in [3.63, 3.8) is 0 Å². The zero-order valence-corrected chi connectivity index (χ0v) is 78.1. The molecule has 18 atom stereocenters. The Morgan fingerprint density at radius 1 is 0.693 bits per heavy atom. The summed E-state index contributed by atoms with van der Waals surface area (Å²) >= 11 is 7.36. The molecule has 0 unspecified atom stereocenters. The van der Waals surface area contributed by atoms with E-state index in [1.807, 2.05) is 13.8 Å². The van der Waals surface area contributed by atoms with Crippen molar-refractivity contribution in [2.45, 2.75) is 258 Å². The molecule has 6 aromatic rings. The number of amides is 10. The maximum absolute atomic E-state index is 16.9. The van der Waals surface area contributed by atoms with Gasteiger partial charge in [0.05, 0.1) is 53.4 Å². The molecule has 42 heteroatoms. The predicted octanol–water partition coefficient (Wildman–Crippen LogP) is 3.76. The molecule has 40 nitrogen and oxygen atoms in total. The van der Waals surface area contributed by atoms with Gasteiger partial charge in [0.1, 0.15) is 101 Å². The van der Waals surface area contributed by atoms with E-state index in [0.717, 1.165) is 93.8 Å². The zero-order valence-electron chi connectivity index (χ0n) is 76.6. The third-order valence-corrected chi connectivity index (χ3v) is 28.8. The molecule has 12 aliphatic rings. The van der Waals surface area contributed by atoms with Crippen LogP contribution in [0.25, 0.3) is 11.1 Å². The number of carbonyl (C=O) groups excluding carboxylic acids is 9. The van der Waals surface area contributed by atoms with Gasteiger partial charge < -0.3 is 138 Å². The average molecular weight is 1940 g/mol. The summed E-state index contributed by atoms with van der Waals surface area (Å²) in [5.74, 6) is -13.4. The standard InChI is InChI=1S/C95H120ClN13O27S/c1-8-9-10-25-130-54-16-18-55(19-17-54)137(128,129)100-24-23-99-40-58-63(112)37-57-71(80(58)116)56-33-47(11-20-62(56)111)73-88(122)109-77(92(126)107-75(57)90(124)104-72-50-29-45-28-46(31-50)32-51(72)30-45)79(115)49-13-22-65(59(96)34-49)133-67-36-52-35-66(83(67)136-93-84(82(118)81(117)68(41-110)134-93)135-70-39-95(6,97)85(119)44(5)131-70)132-64-21-12-48(27-43(64)4)78(114)76(108-86(120)60(98-7)26-42(2)3)91(125)102-61(87(121)105-74(52)89(123)106-73)38-69(113)103-94(127)101-53-14-15-53/h11-13,16-22,27,33-37,42,44-46,50-51,53,60-61,68,70,72-79,81-82,84-85,93,98-100,110-112,114-119H,8-10,14-15,23-26,28-32,38-41,97H2,1-7H3,(H,102,125)(H,104,124)(H,105,121)(H,106,123)(H,107,126)(H,108,120)(H,109,122)(H2,101,103,113,127)/t44-,45?,46?,50?,51?,60+,61-,68+,70-,72?,73+,74+,75-,76+,77-,78+,79+,81+,82-,84+,85+,93-,95-/m0/s1. The summed E-state index contributed by atoms with van der Waals surface area (Å²) < 4.78 is 75.1. The van der Waals surface area contributed by atoms with Crippen molar-refractivity contribution in [3.8, 4) is 62.9 Å². The van der Waals surface area contributed by atoms with Crippen LogP contribution in [-0.2, 0) is 69.1 Å². The number of rotatable bonds is 27. The van der Waals surface area contributed by atoms with E-state index in [4.69, 9.17) is 50.5 Å². The molecule has 0 aromatic heterocycles. The van der Waals surface area contributed by atoms with Crippen LogP contribution in [0.15, 0.2) is 102 Å². The molecule has 23 N–H and O–H groups in total. The van der Waals surface area contributed by atoms with Crippen molar-refractivity contribution < 1.29 is 131 Å². The Bertz CT molecular complexity index is 5630. The van der Waals surface area contributed by atoms with E-state index < -0.39 is 254 Å². The van der Waals surface area contributed by atoms with Gasteiger partial charge in [-0.05, 0) is 227 Å². The first-order chi connectivity index (χ1) is 65.2. The fourth-order valence-electron chi connectivity index (χ4n) is 19.8. The first-order valence-electron chi connectivity index (χ1n) is 46.4. The van der Waals surface area contributed by atoms with Crippen LogP contribution >= 0.6 is 11.6 Å². The Morgan fingerprint density at radius 2 is 1.35 bits per heavy atom. The molecule has 0 radical (unpaired) electrons. The van der Waals surface area contributed by atoms with Gasteiger partial charge in [-0.15, -0.1) is 0 Å². The molecule has 7 heterocycles. The van der Waals surface area contributed by atoms with Crippen molar-refractivity contribution in [3.05, 3.63) is 141 Å². The van der Waals surface area contributed by atoms with Crippen molar-refractivity contribution in [1.82, 2.24) is 63.2 Å². The lowest BCUT2D eigenvalue weighted by atomic mass is 9.54. The Labute approximate surface area is 795 Å². The summed E-state index contributed by atoms with van der Waals surface area (Å²) in [4.78, 5) is 139. The molecule has 2 saturated heterocycles. The van der Waals surface area contributed by atoms with E-state index in [0.29, 0.717) is 37.0 Å². The summed E-state index contributed by atoms with van der Waals surface area (Å²) in [6.45, 7) is 8.79. The molecule has 7 aliphatic heterocycles. The van der Waals surface area contributed by atoms with Crippen molar-refractivity contribution in [1.29, 1.82) is 0 Å². The van der Waals surface area contributed by atoms with E-state index >= 15 is 28.8 Å². The number of carbonyl (C=O) groups is 9. The summed E-state index contributed by atoms with van der Waals surface area (Å²) in [7, 11) is -2.66. The van der Waals surface area contributed by atoms with Crippen LogP contribution < -0.4 is 87.9 Å². The number of urea groups is 1. The largest absolute Gasteiger partial charge is 0.507 e. The molecule has 7 fully saturated rings. The fourth-order valence-corrected chi connectivity index (χ4v) is 21.0. The second-order valence-corrected chi connectivity index (χ2v) is 40.0. The number of fused-ring (bicyclic) bond motifs is 15. The van der Waals surface area contributed by atoms with Crippen LogP contribution in [-0.4, -0.2) is 232 Å². The van der Waals surface area contributed by atoms with Crippen LogP contribution in [0.5, 0.6) is 51.7 Å². The number of nitrogens with one attached hydrogen (secondary N) is 12. The van der Waals surface area contributed by atoms with Gasteiger partial charge in [-0.25, -0.2) is 17.9 Å². The highest BCUT2D eigenvalue weighted by Crippen LogP contribution is 2.55. The molecule has 5 aliphatic carbocycles. The van der Waals surface area contributed by atoms with E-state index in [1.165, 1.54) is 82.4 Å². The first kappa shape index (κ1) is 100. The average Bonchev–Trinajstić information content (AvgIpc) is 1.35. The highest BCUT2D eigenvalue weighted by molar-refractivity contribution is 7.89. The lowest BCUT2D eigenvalue weighted by molar-refractivity contribution is -0.333. The lowest BCUT2D eigenvalue weighted by Gasteiger charge is -2.54. The Hall–Kier alpha value is -11.1. The van der Waals surface area contributed by atoms with Crippen molar-refractivity contribution in [2.24, 2.45) is 35.3 Å². The molecule has 6 aromatic carbocycles. The quantitative estimate of drug-likeness (QED) is 0.0326. The van der Waals surface area contributed by atoms with Crippen LogP contribution in [0.3, 0.4) is 0 Å². The van der Waals surface area contributed by atoms with Crippen molar-refractivity contribution in [2.75, 3.05) is 33.4 Å². The highest BCUT2D eigenvalue weighted by Gasteiger charge is 2.54. The topological polar surface area (TPSA) is 605 Å². The molecule has 10 amide bonds. The van der Waals surface area contributed by atoms with Gasteiger partial charge in [0.15, 0.2) is 23.9 Å². The Kier molecular flexibility index (Phi) is 31.0. The number of nitrogens with two attached hydrogens (primary N) is 1. The van der Waals surface area contributed by atoms with Gasteiger partial charge in [0.25, 0.3) is 0 Å². The van der Waals surface area contributed by atoms with E-state index in [-0.39, 0.29) is 99.5 Å². The number of aromatic hydroxyl groups is 3. The van der Waals surface area contributed by atoms with Gasteiger partial charge in [-0.1, -0.05) is 63.4 Å². The number of aliphatic hydroxyl groups is 6. The number of hydrogen-bond acceptors (Lipinski definition) is 30. The van der Waals surface area contributed by atoms with Gasteiger partial charge >= 0.3 is 6.03 Å². The molecule has 740 valence electrons. The Morgan fingerprint density at radius 3 is 2.00 bits per heavy atom. The minimum atomic E-state index is -4.15. The summed E-state index contributed by atoms with van der Waals surface area (Å²) in [5, 5.41) is 139. The number of imide groups is 1. The minimum absolute atomic E-state index is 0.00885. The van der Waals surface area contributed by atoms with Gasteiger partial charge in [0, 0.05) is 54.8 Å². The number of ether oxygens (including phenoxy) is 7. The van der Waals surface area contributed by atoms with Gasteiger partial charge in [-0.2, -0.15) is 0 Å². The number of aliphatic hydroxyl groups excluding tert-OH is 6. The summed E-state index contributed by atoms with van der Waals surface area (Å²) in [6.07, 6.45) is -10.8. The van der Waals surface area contributed by atoms with Crippen molar-refractivity contribution >= 4 is 74.9 Å². The van der Waals surface area contributed by atoms with Gasteiger partial charge in [0.2, 0.25) is 69.3 Å². The third kappa shape index (κ3) is 22.6. The number of unbranched alkanes of at least 4 members (excludes halogenated alkanes) is 2. The summed E-state index contributed by atoms with van der Waals surface area (Å²) in [5.41, 5.74) is 2.58. The number of phenols is 3. The van der Waals surface area contributed by atoms with Crippen LogP contribution in [0.1, 0.15) is 187 Å². The van der Waals surface area contributed by atoms with Crippen LogP contribution in [0.4, 0.5) is 4.79 Å². The molecule has 0 spiro atoms. The van der Waals surface area contributed by atoms with Crippen LogP contribution in [0.2, 0.25) is 5.02 Å². The maximum Gasteiger partial charge on any atom is 0.321 e. The number of benzene rings is 6. The number of phenolic OH excluding ortho intramolecular Hbond substituents is 3. The fraction of sp³-hybridized carbons (Fsp3) is 0.526. The maximum atomic E-state index is 16.9. The predicted molar refractivity (Wildman–Crippen MR) is 489 cm³/mol. The van der Waals surface area contributed by atoms with E-state index in [9.17, 15) is 68.8 Å². The lowest BCUT2D eigenvalue weighted by Crippen LogP contribution is -2.64. The Balaban J connectivity index is 0.899. The first-order valence-corrected chi connectivity index (χ1v) is 48.2. The third-order valence-electron chi connectivity index (χ3n) is 27.0. The number of hydrogen-bond donors (Lipinski definition) is 22. The smallest absolute Gasteiger partial charge is 0.321 e. The molecule has 137 heavy (non-hydrogen) atoms. The van der Waals surface area contributed by atoms with Gasteiger partial charge in [-0.3, -0.25) is 43.7 Å². The normalized spacial score (nSPS) is 29.4. The highest BCUT2D eigenvalue weighted by atomic mass is 35.5. The second-order valence-electron chi connectivity index (χ2n) is 37.9. The minimum Gasteiger partial charge on any atom is -0.507 e. The second kappa shape index (κ2) is 42.3. The zero-order chi connectivity index (χ0) is 98.1. The SMILES string of the molecule is CCCCCOc1ccc(S(=O)(=O)NCCNCc2c(O)cc3c(c2O)-c2cc(ccc2O)[C@H]2NC(=O)[C@@H]4NC(=O)[C@H](CC(=O)NC(=O)NC5CC5)NC(=O)[C@H](NC(=O)[C@@H](CC(C)C)NC)[C@H](O)c5ccc(c(C)c5)Oc5cc4cc(c5O[C@@H]4O[C@H](CO)[C@@H](O)[C@H](O)[C@H]4O[C@H]4C[C@](C)(N)[C@H](O)[C@H](C)O4)Oc4ccc(cc4Cl)[C@@H](O)[C@H](NC2=O)C(=O)N[C@@H]3C(=O)NC2C3CC4CC(C3)CC2C4)cc1. The van der Waals surface area contributed by atoms with E-state index in [1.54, 1.807) is 0 Å². The molecule has 5 saturated carbocycles. The number of likely N-dealkylation sites (N-methyl/N-ethyl adjacent to an activating group) is 1. The molecule has 18 rings (SSSR count). The van der Waals surface area contributed by atoms with E-state index in [2.05, 4.69) is 70.1 Å². The number of aryl methyl sites for hydroxylation is 1. The van der Waals surface area contributed by atoms with Crippen LogP contribution in [0, 0.1) is 36.5 Å². The number of sulfonamides is 1. The monoisotopic (exact) mass is 1940 g/mol. The number of halogens is 1. The molecular formula is C95H120ClN13O27S. The summed E-state index contributed by atoms with van der Waals surface area (Å²) in [6, 6.07) is 3.69. The molecule has 15 bridgehead atoms.